The lowest BCUT2D eigenvalue weighted by atomic mass is 9.86. The number of carbonyl (C=O) groups is 4. The quantitative estimate of drug-likeness (QED) is 0.293. The van der Waals surface area contributed by atoms with Crippen LogP contribution >= 0.6 is 0 Å². The number of rotatable bonds is 7. The molecule has 1 aromatic carbocycles. The molecule has 8 rings (SSSR count). The molecule has 60 heavy (non-hydrogen) atoms. The van der Waals surface area contributed by atoms with Crippen LogP contribution in [-0.4, -0.2) is 82.1 Å². The SMILES string of the molecule is C=C[C@H]1C[C@]1(NC(=O)[C@@H]1C[C@@H]2CN1C(=O)[C@H](C1CCCC1)CC(=O)O[C@@H]1CCC[C@H]1CC/C=C/Cn1c(nc3cc(C(F)(F)F)ccc3c1=O)O2)C(=O)NS(=O)(=O)C1CC1. The zero-order valence-electron chi connectivity index (χ0n) is 33.2. The number of hydrogen-bond donors (Lipinski definition) is 2. The highest BCUT2D eigenvalue weighted by Crippen LogP contribution is 2.46. The van der Waals surface area contributed by atoms with Gasteiger partial charge in [-0.2, -0.15) is 18.2 Å². The fourth-order valence-corrected chi connectivity index (χ4v) is 11.1. The summed E-state index contributed by atoms with van der Waals surface area (Å²) >= 11 is 0. The number of hydrogen-bond acceptors (Lipinski definition) is 10. The topological polar surface area (TPSA) is 183 Å². The second-order valence-corrected chi connectivity index (χ2v) is 19.3. The average Bonchev–Trinajstić information content (AvgIpc) is 3.99. The zero-order chi connectivity index (χ0) is 42.6. The van der Waals surface area contributed by atoms with Crippen LogP contribution in [0.2, 0.25) is 0 Å². The first-order chi connectivity index (χ1) is 28.6. The summed E-state index contributed by atoms with van der Waals surface area (Å²) < 4.78 is 82.7. The summed E-state index contributed by atoms with van der Waals surface area (Å²) in [6.07, 6.45) is 6.27. The van der Waals surface area contributed by atoms with Crippen molar-refractivity contribution in [1.29, 1.82) is 0 Å². The Bertz CT molecular complexity index is 2270. The molecular weight excluding hydrogens is 808 g/mol. The minimum atomic E-state index is -4.72. The first-order valence-corrected chi connectivity index (χ1v) is 22.6. The van der Waals surface area contributed by atoms with Gasteiger partial charge in [-0.05, 0) is 94.2 Å². The van der Waals surface area contributed by atoms with Crippen molar-refractivity contribution in [2.75, 3.05) is 6.54 Å². The standard InChI is InChI=1S/C42H50F3N5O9S/c1-2-26-22-41(26,39(55)48-60(56,57)29-15-16-29)47-36(52)33-20-28-23-50(33)38(54)31(24-9-5-6-10-24)21-35(51)59-34-13-8-12-25(34)11-4-3-7-18-49-37(53)30-17-14-27(42(43,44)45)19-32(30)46-40(49)58-28/h2-3,7,14,17,19,24-26,28-29,31,33-34H,1,4-6,8-13,15-16,18,20-23H2,(H,47,52)(H,48,55)/b7-3+/t25-,26+,28-,31+,33+,34-,41-/m1/s1. The minimum Gasteiger partial charge on any atom is -0.462 e. The minimum absolute atomic E-state index is 0.0470. The van der Waals surface area contributed by atoms with E-state index in [4.69, 9.17) is 9.47 Å². The predicted octanol–water partition coefficient (Wildman–Crippen LogP) is 4.69. The molecule has 2 aliphatic heterocycles. The van der Waals surface area contributed by atoms with Crippen LogP contribution in [0.4, 0.5) is 13.2 Å². The molecule has 4 aliphatic carbocycles. The maximum Gasteiger partial charge on any atom is 0.416 e. The van der Waals surface area contributed by atoms with Crippen LogP contribution in [0.1, 0.15) is 95.5 Å². The second-order valence-electron chi connectivity index (χ2n) is 17.3. The van der Waals surface area contributed by atoms with Gasteiger partial charge in [-0.1, -0.05) is 31.1 Å². The molecule has 18 heteroatoms. The van der Waals surface area contributed by atoms with Crippen molar-refractivity contribution in [3.8, 4) is 6.01 Å². The number of amides is 3. The summed E-state index contributed by atoms with van der Waals surface area (Å²) in [6.45, 7) is 3.48. The van der Waals surface area contributed by atoms with Crippen molar-refractivity contribution in [2.45, 2.75) is 132 Å². The van der Waals surface area contributed by atoms with E-state index in [9.17, 15) is 45.6 Å². The number of alkyl halides is 3. The molecule has 324 valence electrons. The van der Waals surface area contributed by atoms with Gasteiger partial charge in [0.25, 0.3) is 17.5 Å². The van der Waals surface area contributed by atoms with Crippen LogP contribution in [0.5, 0.6) is 6.01 Å². The second kappa shape index (κ2) is 16.3. The van der Waals surface area contributed by atoms with Crippen molar-refractivity contribution >= 4 is 44.6 Å². The highest BCUT2D eigenvalue weighted by molar-refractivity contribution is 7.91. The van der Waals surface area contributed by atoms with Gasteiger partial charge in [-0.25, -0.2) is 8.42 Å². The number of nitrogens with zero attached hydrogens (tertiary/aromatic N) is 3. The third kappa shape index (κ3) is 8.44. The molecule has 6 aliphatic rings. The molecule has 3 heterocycles. The van der Waals surface area contributed by atoms with Gasteiger partial charge in [-0.15, -0.1) is 6.58 Å². The number of esters is 1. The van der Waals surface area contributed by atoms with Crippen LogP contribution < -0.4 is 20.3 Å². The molecule has 2 N–H and O–H groups in total. The Kier molecular flexibility index (Phi) is 11.4. The van der Waals surface area contributed by atoms with Gasteiger partial charge in [-0.3, -0.25) is 33.3 Å². The molecule has 1 aromatic heterocycles. The van der Waals surface area contributed by atoms with Crippen LogP contribution in [0.3, 0.4) is 0 Å². The molecule has 1 saturated heterocycles. The van der Waals surface area contributed by atoms with Crippen LogP contribution in [-0.2, 0) is 46.7 Å². The number of sulfonamides is 1. The molecule has 7 atom stereocenters. The summed E-state index contributed by atoms with van der Waals surface area (Å²) in [5.74, 6) is -4.24. The van der Waals surface area contributed by atoms with E-state index in [2.05, 4.69) is 21.6 Å². The van der Waals surface area contributed by atoms with E-state index >= 15 is 0 Å². The van der Waals surface area contributed by atoms with Crippen molar-refractivity contribution in [2.24, 2.45) is 23.7 Å². The van der Waals surface area contributed by atoms with Crippen LogP contribution in [0.15, 0.2) is 47.8 Å². The fraction of sp³-hybridized carbons (Fsp3) is 0.619. The van der Waals surface area contributed by atoms with Crippen molar-refractivity contribution in [3.05, 3.63) is 58.9 Å². The fourth-order valence-electron chi connectivity index (χ4n) is 9.69. The molecule has 4 saturated carbocycles. The normalized spacial score (nSPS) is 30.9. The van der Waals surface area contributed by atoms with Crippen molar-refractivity contribution in [1.82, 2.24) is 24.5 Å². The van der Waals surface area contributed by atoms with Crippen molar-refractivity contribution < 1.29 is 50.2 Å². The van der Waals surface area contributed by atoms with E-state index in [0.717, 1.165) is 43.9 Å². The number of fused-ring (bicyclic) bond motifs is 5. The number of nitrogens with one attached hydrogen (secondary N) is 2. The lowest BCUT2D eigenvalue weighted by Gasteiger charge is -2.32. The van der Waals surface area contributed by atoms with Gasteiger partial charge in [0.1, 0.15) is 23.8 Å². The smallest absolute Gasteiger partial charge is 0.416 e. The largest absolute Gasteiger partial charge is 0.462 e. The molecule has 2 bridgehead atoms. The third-order valence-corrected chi connectivity index (χ3v) is 15.1. The summed E-state index contributed by atoms with van der Waals surface area (Å²) in [5, 5.41) is 1.99. The van der Waals surface area contributed by atoms with Gasteiger partial charge in [0.2, 0.25) is 21.8 Å². The molecule has 3 amide bonds. The van der Waals surface area contributed by atoms with Gasteiger partial charge < -0.3 is 19.7 Å². The maximum absolute atomic E-state index is 14.9. The van der Waals surface area contributed by atoms with Gasteiger partial charge in [0, 0.05) is 18.9 Å². The molecule has 0 unspecified atom stereocenters. The van der Waals surface area contributed by atoms with E-state index in [-0.39, 0.29) is 67.2 Å². The molecule has 5 fully saturated rings. The van der Waals surface area contributed by atoms with Crippen molar-refractivity contribution in [3.63, 3.8) is 0 Å². The lowest BCUT2D eigenvalue weighted by molar-refractivity contribution is -0.156. The highest BCUT2D eigenvalue weighted by Gasteiger charge is 2.62. The summed E-state index contributed by atoms with van der Waals surface area (Å²) in [5.41, 5.74) is -3.57. The van der Waals surface area contributed by atoms with E-state index in [1.165, 1.54) is 15.5 Å². The van der Waals surface area contributed by atoms with Gasteiger partial charge in [0.05, 0.1) is 40.6 Å². The van der Waals surface area contributed by atoms with E-state index in [1.54, 1.807) is 6.08 Å². The summed E-state index contributed by atoms with van der Waals surface area (Å²) in [7, 11) is -3.98. The first-order valence-electron chi connectivity index (χ1n) is 21.0. The van der Waals surface area contributed by atoms with Gasteiger partial charge in [0.15, 0.2) is 0 Å². The number of benzene rings is 1. The Morgan fingerprint density at radius 3 is 2.42 bits per heavy atom. The van der Waals surface area contributed by atoms with Gasteiger partial charge >= 0.3 is 12.1 Å². The predicted molar refractivity (Wildman–Crippen MR) is 210 cm³/mol. The number of allylic oxidation sites excluding steroid dienone is 2. The molecule has 2 aromatic rings. The third-order valence-electron chi connectivity index (χ3n) is 13.3. The first kappa shape index (κ1) is 42.0. The summed E-state index contributed by atoms with van der Waals surface area (Å²) in [6, 6.07) is 1.06. The highest BCUT2D eigenvalue weighted by atomic mass is 32.2. The zero-order valence-corrected chi connectivity index (χ0v) is 34.0. The Labute approximate surface area is 345 Å². The average molecular weight is 858 g/mol. The Hall–Kier alpha value is -4.74. The number of halogens is 3. The van der Waals surface area contributed by atoms with E-state index in [0.29, 0.717) is 44.9 Å². The molecule has 14 nitrogen and oxygen atoms in total. The maximum atomic E-state index is 14.9. The van der Waals surface area contributed by atoms with Crippen LogP contribution in [0, 0.1) is 23.7 Å². The number of ether oxygens (including phenoxy) is 2. The monoisotopic (exact) mass is 857 g/mol. The molecular formula is C42H50F3N5O9S. The lowest BCUT2D eigenvalue weighted by Crippen LogP contribution is -2.57. The summed E-state index contributed by atoms with van der Waals surface area (Å²) in [4.78, 5) is 76.4. The van der Waals surface area contributed by atoms with E-state index in [1.807, 2.05) is 6.08 Å². The van der Waals surface area contributed by atoms with E-state index < -0.39 is 85.8 Å². The Morgan fingerprint density at radius 2 is 1.72 bits per heavy atom. The number of aromatic nitrogens is 2. The molecule has 0 radical (unpaired) electrons. The Balaban J connectivity index is 1.17. The number of carbonyl (C=O) groups excluding carboxylic acids is 4. The Morgan fingerprint density at radius 1 is 0.967 bits per heavy atom. The van der Waals surface area contributed by atoms with Crippen LogP contribution in [0.25, 0.3) is 10.9 Å². The molecule has 0 spiro atoms.